The Morgan fingerprint density at radius 3 is 2.94 bits per heavy atom. The van der Waals surface area contributed by atoms with Gasteiger partial charge in [0, 0.05) is 6.54 Å². The first-order valence-corrected chi connectivity index (χ1v) is 6.89. The average molecular weight is 249 g/mol. The lowest BCUT2D eigenvalue weighted by atomic mass is 10.3. The lowest BCUT2D eigenvalue weighted by molar-refractivity contribution is -0.113. The number of aromatic nitrogens is 2. The van der Waals surface area contributed by atoms with Crippen LogP contribution in [0.5, 0.6) is 0 Å². The molecule has 0 aliphatic heterocycles. The zero-order valence-corrected chi connectivity index (χ0v) is 10.8. The first-order chi connectivity index (χ1) is 8.26. The average Bonchev–Trinajstić information content (AvgIpc) is 2.66. The van der Waals surface area contributed by atoms with Crippen molar-refractivity contribution in [3.8, 4) is 0 Å². The molecule has 0 aliphatic carbocycles. The molecule has 2 aromatic rings. The maximum Gasteiger partial charge on any atom is 0.236 e. The summed E-state index contributed by atoms with van der Waals surface area (Å²) in [6.45, 7) is 2.83. The van der Waals surface area contributed by atoms with Gasteiger partial charge in [-0.25, -0.2) is 4.98 Å². The molecule has 0 radical (unpaired) electrons. The summed E-state index contributed by atoms with van der Waals surface area (Å²) in [4.78, 5) is 16.0. The molecule has 0 saturated carbocycles. The largest absolute Gasteiger partial charge is 0.310 e. The molecular formula is C12H15N3OS. The highest BCUT2D eigenvalue weighted by Crippen LogP contribution is 2.19. The Hall–Kier alpha value is -1.49. The topological polar surface area (TPSA) is 46.9 Å². The van der Waals surface area contributed by atoms with Crippen molar-refractivity contribution < 1.29 is 4.79 Å². The van der Waals surface area contributed by atoms with Gasteiger partial charge in [-0.3, -0.25) is 10.1 Å². The summed E-state index contributed by atoms with van der Waals surface area (Å²) in [6, 6.07) is 7.88. The number of thioether (sulfide) groups is 1. The Labute approximate surface area is 104 Å². The van der Waals surface area contributed by atoms with Gasteiger partial charge in [0.2, 0.25) is 11.9 Å². The molecule has 4 nitrogen and oxygen atoms in total. The van der Waals surface area contributed by atoms with E-state index in [9.17, 15) is 4.79 Å². The van der Waals surface area contributed by atoms with E-state index in [0.717, 1.165) is 17.6 Å². The van der Waals surface area contributed by atoms with Gasteiger partial charge in [0.05, 0.1) is 16.8 Å². The maximum atomic E-state index is 11.6. The first-order valence-electron chi connectivity index (χ1n) is 5.50. The SMILES string of the molecule is CCn1c(NC(=O)CSC)nc2ccccc21. The summed E-state index contributed by atoms with van der Waals surface area (Å²) in [5.74, 6) is 1.07. The first kappa shape index (κ1) is 12.0. The predicted octanol–water partition coefficient (Wildman–Crippen LogP) is 2.36. The zero-order chi connectivity index (χ0) is 12.3. The monoisotopic (exact) mass is 249 g/mol. The van der Waals surface area contributed by atoms with Gasteiger partial charge in [-0.1, -0.05) is 12.1 Å². The van der Waals surface area contributed by atoms with Crippen molar-refractivity contribution in [2.24, 2.45) is 0 Å². The highest BCUT2D eigenvalue weighted by molar-refractivity contribution is 7.99. The van der Waals surface area contributed by atoms with Crippen LogP contribution in [0.25, 0.3) is 11.0 Å². The number of hydrogen-bond donors (Lipinski definition) is 1. The molecule has 0 saturated heterocycles. The number of carbonyl (C=O) groups is 1. The number of anilines is 1. The van der Waals surface area contributed by atoms with E-state index in [-0.39, 0.29) is 5.91 Å². The van der Waals surface area contributed by atoms with Crippen LogP contribution >= 0.6 is 11.8 Å². The van der Waals surface area contributed by atoms with Crippen LogP contribution in [-0.4, -0.2) is 27.5 Å². The minimum atomic E-state index is -0.0116. The number of carbonyl (C=O) groups excluding carboxylic acids is 1. The third kappa shape index (κ3) is 2.44. The smallest absolute Gasteiger partial charge is 0.236 e. The van der Waals surface area contributed by atoms with E-state index in [1.807, 2.05) is 42.0 Å². The number of nitrogens with one attached hydrogen (secondary N) is 1. The van der Waals surface area contributed by atoms with E-state index in [1.54, 1.807) is 0 Å². The van der Waals surface area contributed by atoms with Crippen molar-refractivity contribution in [2.75, 3.05) is 17.3 Å². The van der Waals surface area contributed by atoms with Crippen LogP contribution in [-0.2, 0) is 11.3 Å². The normalized spacial score (nSPS) is 10.7. The van der Waals surface area contributed by atoms with Crippen molar-refractivity contribution in [3.63, 3.8) is 0 Å². The van der Waals surface area contributed by atoms with Crippen LogP contribution in [0.1, 0.15) is 6.92 Å². The fourth-order valence-corrected chi connectivity index (χ4v) is 2.12. The molecule has 1 amide bonds. The standard InChI is InChI=1S/C12H15N3OS/c1-3-15-10-7-5-4-6-9(10)13-12(15)14-11(16)8-17-2/h4-7H,3,8H2,1-2H3,(H,13,14,16). The van der Waals surface area contributed by atoms with Gasteiger partial charge in [0.25, 0.3) is 0 Å². The second-order valence-corrected chi connectivity index (χ2v) is 4.52. The number of hydrogen-bond acceptors (Lipinski definition) is 3. The minimum Gasteiger partial charge on any atom is -0.310 e. The number of nitrogens with zero attached hydrogens (tertiary/aromatic N) is 2. The van der Waals surface area contributed by atoms with Crippen LogP contribution in [0, 0.1) is 0 Å². The van der Waals surface area contributed by atoms with Gasteiger partial charge in [-0.2, -0.15) is 11.8 Å². The molecule has 1 heterocycles. The summed E-state index contributed by atoms with van der Waals surface area (Å²) in [7, 11) is 0. The van der Waals surface area contributed by atoms with Crippen molar-refractivity contribution in [3.05, 3.63) is 24.3 Å². The molecule has 0 atom stereocenters. The Morgan fingerprint density at radius 2 is 2.24 bits per heavy atom. The number of amides is 1. The summed E-state index contributed by atoms with van der Waals surface area (Å²) >= 11 is 1.50. The number of imidazole rings is 1. The Morgan fingerprint density at radius 1 is 1.47 bits per heavy atom. The number of aryl methyl sites for hydroxylation is 1. The molecule has 0 aliphatic rings. The Bertz CT molecular complexity index is 536. The second-order valence-electron chi connectivity index (χ2n) is 3.65. The van der Waals surface area contributed by atoms with Crippen molar-refractivity contribution >= 4 is 34.7 Å². The third-order valence-corrected chi connectivity index (χ3v) is 3.05. The van der Waals surface area contributed by atoms with Crippen LogP contribution in [0.4, 0.5) is 5.95 Å². The summed E-state index contributed by atoms with van der Waals surface area (Å²) < 4.78 is 2.01. The molecule has 0 bridgehead atoms. The van der Waals surface area contributed by atoms with Gasteiger partial charge < -0.3 is 4.57 Å². The third-order valence-electron chi connectivity index (χ3n) is 2.50. The highest BCUT2D eigenvalue weighted by atomic mass is 32.2. The molecule has 1 aromatic heterocycles. The lowest BCUT2D eigenvalue weighted by Crippen LogP contribution is -2.17. The van der Waals surface area contributed by atoms with Crippen LogP contribution in [0.3, 0.4) is 0 Å². The number of rotatable bonds is 4. The van der Waals surface area contributed by atoms with E-state index in [4.69, 9.17) is 0 Å². The Kier molecular flexibility index (Phi) is 3.68. The fraction of sp³-hybridized carbons (Fsp3) is 0.333. The minimum absolute atomic E-state index is 0.0116. The number of benzene rings is 1. The number of para-hydroxylation sites is 2. The van der Waals surface area contributed by atoms with Gasteiger partial charge >= 0.3 is 0 Å². The van der Waals surface area contributed by atoms with E-state index in [2.05, 4.69) is 10.3 Å². The zero-order valence-electron chi connectivity index (χ0n) is 9.93. The van der Waals surface area contributed by atoms with Crippen molar-refractivity contribution in [1.29, 1.82) is 0 Å². The van der Waals surface area contributed by atoms with E-state index in [0.29, 0.717) is 11.7 Å². The van der Waals surface area contributed by atoms with Gasteiger partial charge in [-0.15, -0.1) is 0 Å². The molecule has 90 valence electrons. The van der Waals surface area contributed by atoms with Crippen LogP contribution in [0.15, 0.2) is 24.3 Å². The fourth-order valence-electron chi connectivity index (χ4n) is 1.78. The van der Waals surface area contributed by atoms with Gasteiger partial charge in [-0.05, 0) is 25.3 Å². The number of fused-ring (bicyclic) bond motifs is 1. The highest BCUT2D eigenvalue weighted by Gasteiger charge is 2.11. The molecule has 1 N–H and O–H groups in total. The van der Waals surface area contributed by atoms with Gasteiger partial charge in [0.15, 0.2) is 0 Å². The Balaban J connectivity index is 2.36. The van der Waals surface area contributed by atoms with Crippen LogP contribution in [0.2, 0.25) is 0 Å². The van der Waals surface area contributed by atoms with E-state index >= 15 is 0 Å². The molecule has 0 spiro atoms. The van der Waals surface area contributed by atoms with Crippen molar-refractivity contribution in [2.45, 2.75) is 13.5 Å². The van der Waals surface area contributed by atoms with E-state index in [1.165, 1.54) is 11.8 Å². The molecule has 5 heteroatoms. The van der Waals surface area contributed by atoms with Crippen molar-refractivity contribution in [1.82, 2.24) is 9.55 Å². The maximum absolute atomic E-state index is 11.6. The predicted molar refractivity (Wildman–Crippen MR) is 72.4 cm³/mol. The lowest BCUT2D eigenvalue weighted by Gasteiger charge is -2.06. The second kappa shape index (κ2) is 5.23. The van der Waals surface area contributed by atoms with E-state index < -0.39 is 0 Å². The molecule has 2 rings (SSSR count). The molecule has 17 heavy (non-hydrogen) atoms. The summed E-state index contributed by atoms with van der Waals surface area (Å²) in [6.07, 6.45) is 1.91. The summed E-state index contributed by atoms with van der Waals surface area (Å²) in [5.41, 5.74) is 1.96. The molecule has 0 fully saturated rings. The van der Waals surface area contributed by atoms with Crippen LogP contribution < -0.4 is 5.32 Å². The van der Waals surface area contributed by atoms with Gasteiger partial charge in [0.1, 0.15) is 0 Å². The molecular weight excluding hydrogens is 234 g/mol. The molecule has 0 unspecified atom stereocenters. The summed E-state index contributed by atoms with van der Waals surface area (Å²) in [5, 5.41) is 2.84. The molecule has 1 aromatic carbocycles. The quantitative estimate of drug-likeness (QED) is 0.904.